The third kappa shape index (κ3) is 4.50. The van der Waals surface area contributed by atoms with Gasteiger partial charge in [0.2, 0.25) is 0 Å². The molecule has 7 nitrogen and oxygen atoms in total. The van der Waals surface area contributed by atoms with Crippen LogP contribution in [0.15, 0.2) is 54.1 Å². The second kappa shape index (κ2) is 9.12. The van der Waals surface area contributed by atoms with E-state index in [-0.39, 0.29) is 6.10 Å². The minimum absolute atomic E-state index is 0.261. The Morgan fingerprint density at radius 3 is 2.19 bits per heavy atom. The maximum Gasteiger partial charge on any atom is 0.338 e. The summed E-state index contributed by atoms with van der Waals surface area (Å²) in [5, 5.41) is 5.60. The first-order chi connectivity index (χ1) is 15.1. The standard InChI is InChI=1S/C24H26N2O5/c1-29-17-11-7-15(8-12-17)21-20(23(27)30-2)22(26-24(28)25-21)16-9-13-19(14-10-16)31-18-5-3-4-6-18/h7-14,18,22H,3-6H2,1-2H3,(H2,25,26,28). The zero-order valence-corrected chi connectivity index (χ0v) is 17.6. The number of nitrogens with one attached hydrogen (secondary N) is 2. The molecule has 2 aromatic carbocycles. The number of hydrogen-bond donors (Lipinski definition) is 2. The van der Waals surface area contributed by atoms with Crippen LogP contribution in [0.25, 0.3) is 5.70 Å². The Labute approximate surface area is 181 Å². The van der Waals surface area contributed by atoms with E-state index < -0.39 is 18.0 Å². The molecule has 0 bridgehead atoms. The van der Waals surface area contributed by atoms with Crippen molar-refractivity contribution < 1.29 is 23.8 Å². The van der Waals surface area contributed by atoms with Gasteiger partial charge >= 0.3 is 12.0 Å². The van der Waals surface area contributed by atoms with E-state index in [0.29, 0.717) is 22.6 Å². The van der Waals surface area contributed by atoms with Gasteiger partial charge in [0.05, 0.1) is 37.6 Å². The lowest BCUT2D eigenvalue weighted by Gasteiger charge is -2.29. The fourth-order valence-corrected chi connectivity index (χ4v) is 4.07. The van der Waals surface area contributed by atoms with Gasteiger partial charge in [0.25, 0.3) is 0 Å². The fraction of sp³-hybridized carbons (Fsp3) is 0.333. The van der Waals surface area contributed by atoms with Crippen LogP contribution < -0.4 is 20.1 Å². The smallest absolute Gasteiger partial charge is 0.338 e. The van der Waals surface area contributed by atoms with Gasteiger partial charge < -0.3 is 24.8 Å². The Bertz CT molecular complexity index is 976. The van der Waals surface area contributed by atoms with Crippen LogP contribution in [0, 0.1) is 0 Å². The third-order valence-electron chi connectivity index (χ3n) is 5.67. The summed E-state index contributed by atoms with van der Waals surface area (Å²) in [5.74, 6) is 0.947. The molecule has 4 rings (SSSR count). The Morgan fingerprint density at radius 2 is 1.58 bits per heavy atom. The number of rotatable bonds is 6. The van der Waals surface area contributed by atoms with Crippen molar-refractivity contribution in [1.82, 2.24) is 10.6 Å². The SMILES string of the molecule is COC(=O)C1=C(c2ccc(OC)cc2)NC(=O)NC1c1ccc(OC2CCCC2)cc1. The van der Waals surface area contributed by atoms with Gasteiger partial charge in [-0.15, -0.1) is 0 Å². The molecule has 2 aromatic rings. The maximum atomic E-state index is 12.7. The molecule has 2 aliphatic rings. The highest BCUT2D eigenvalue weighted by molar-refractivity contribution is 6.04. The lowest BCUT2D eigenvalue weighted by Crippen LogP contribution is -2.45. The van der Waals surface area contributed by atoms with Crippen molar-refractivity contribution in [2.75, 3.05) is 14.2 Å². The summed E-state index contributed by atoms with van der Waals surface area (Å²) < 4.78 is 16.3. The Balaban J connectivity index is 1.68. The first kappa shape index (κ1) is 20.8. The first-order valence-corrected chi connectivity index (χ1v) is 10.4. The molecule has 1 unspecified atom stereocenters. The van der Waals surface area contributed by atoms with E-state index in [1.54, 1.807) is 31.4 Å². The highest BCUT2D eigenvalue weighted by Crippen LogP contribution is 2.33. The molecule has 2 N–H and O–H groups in total. The van der Waals surface area contributed by atoms with Crippen LogP contribution in [0.2, 0.25) is 0 Å². The molecule has 1 heterocycles. The molecule has 0 saturated heterocycles. The molecule has 1 saturated carbocycles. The van der Waals surface area contributed by atoms with Gasteiger partial charge in [-0.1, -0.05) is 12.1 Å². The van der Waals surface area contributed by atoms with E-state index in [1.807, 2.05) is 24.3 Å². The van der Waals surface area contributed by atoms with Crippen molar-refractivity contribution >= 4 is 17.7 Å². The van der Waals surface area contributed by atoms with Gasteiger partial charge in [0.1, 0.15) is 11.5 Å². The highest BCUT2D eigenvalue weighted by Gasteiger charge is 2.34. The average Bonchev–Trinajstić information content (AvgIpc) is 3.31. The van der Waals surface area contributed by atoms with Gasteiger partial charge in [0, 0.05) is 0 Å². The van der Waals surface area contributed by atoms with Crippen molar-refractivity contribution in [3.05, 3.63) is 65.2 Å². The van der Waals surface area contributed by atoms with Gasteiger partial charge in [-0.05, 0) is 73.2 Å². The molecule has 162 valence electrons. The topological polar surface area (TPSA) is 85.9 Å². The van der Waals surface area contributed by atoms with Crippen molar-refractivity contribution in [3.63, 3.8) is 0 Å². The minimum atomic E-state index is -0.654. The maximum absolute atomic E-state index is 12.7. The third-order valence-corrected chi connectivity index (χ3v) is 5.67. The predicted molar refractivity (Wildman–Crippen MR) is 116 cm³/mol. The molecule has 0 aromatic heterocycles. The average molecular weight is 422 g/mol. The lowest BCUT2D eigenvalue weighted by molar-refractivity contribution is -0.136. The quantitative estimate of drug-likeness (QED) is 0.689. The molecule has 0 spiro atoms. The van der Waals surface area contributed by atoms with Crippen LogP contribution in [-0.2, 0) is 9.53 Å². The lowest BCUT2D eigenvalue weighted by atomic mass is 9.92. The van der Waals surface area contributed by atoms with Gasteiger partial charge in [0.15, 0.2) is 0 Å². The minimum Gasteiger partial charge on any atom is -0.497 e. The van der Waals surface area contributed by atoms with Crippen LogP contribution in [-0.4, -0.2) is 32.3 Å². The molecule has 1 aliphatic heterocycles. The summed E-state index contributed by atoms with van der Waals surface area (Å²) >= 11 is 0. The van der Waals surface area contributed by atoms with Crippen molar-refractivity contribution in [3.8, 4) is 11.5 Å². The molecule has 1 aliphatic carbocycles. The number of ether oxygens (including phenoxy) is 3. The first-order valence-electron chi connectivity index (χ1n) is 10.4. The number of hydrogen-bond acceptors (Lipinski definition) is 5. The number of urea groups is 1. The molecule has 1 atom stereocenters. The summed E-state index contributed by atoms with van der Waals surface area (Å²) in [7, 11) is 2.91. The molecule has 0 radical (unpaired) electrons. The number of benzene rings is 2. The zero-order chi connectivity index (χ0) is 21.8. The van der Waals surface area contributed by atoms with Crippen LogP contribution in [0.5, 0.6) is 11.5 Å². The molecule has 31 heavy (non-hydrogen) atoms. The number of amides is 2. The fourth-order valence-electron chi connectivity index (χ4n) is 4.07. The monoisotopic (exact) mass is 422 g/mol. The second-order valence-corrected chi connectivity index (χ2v) is 7.63. The number of esters is 1. The Morgan fingerprint density at radius 1 is 0.935 bits per heavy atom. The van der Waals surface area contributed by atoms with Gasteiger partial charge in [-0.2, -0.15) is 0 Å². The van der Waals surface area contributed by atoms with Gasteiger partial charge in [-0.25, -0.2) is 9.59 Å². The van der Waals surface area contributed by atoms with Crippen LogP contribution in [0.3, 0.4) is 0 Å². The number of carbonyl (C=O) groups excluding carboxylic acids is 2. The summed E-state index contributed by atoms with van der Waals surface area (Å²) in [6, 6.07) is 13.6. The molecule has 2 amide bonds. The van der Waals surface area contributed by atoms with E-state index in [0.717, 1.165) is 24.2 Å². The molecular formula is C24H26N2O5. The highest BCUT2D eigenvalue weighted by atomic mass is 16.5. The Hall–Kier alpha value is -3.48. The summed E-state index contributed by atoms with van der Waals surface area (Å²) in [5.41, 5.74) is 2.19. The molecule has 1 fully saturated rings. The molecule has 7 heteroatoms. The van der Waals surface area contributed by atoms with E-state index in [9.17, 15) is 9.59 Å². The normalized spacial score (nSPS) is 18.9. The Kier molecular flexibility index (Phi) is 6.11. The van der Waals surface area contributed by atoms with Gasteiger partial charge in [-0.3, -0.25) is 0 Å². The van der Waals surface area contributed by atoms with E-state index in [2.05, 4.69) is 10.6 Å². The van der Waals surface area contributed by atoms with Crippen molar-refractivity contribution in [1.29, 1.82) is 0 Å². The predicted octanol–water partition coefficient (Wildman–Crippen LogP) is 3.95. The van der Waals surface area contributed by atoms with E-state index >= 15 is 0 Å². The summed E-state index contributed by atoms with van der Waals surface area (Å²) in [4.78, 5) is 25.2. The largest absolute Gasteiger partial charge is 0.497 e. The molecular weight excluding hydrogens is 396 g/mol. The number of methoxy groups -OCH3 is 2. The number of carbonyl (C=O) groups is 2. The van der Waals surface area contributed by atoms with Crippen LogP contribution in [0.4, 0.5) is 4.79 Å². The van der Waals surface area contributed by atoms with Crippen molar-refractivity contribution in [2.24, 2.45) is 0 Å². The zero-order valence-electron chi connectivity index (χ0n) is 17.6. The second-order valence-electron chi connectivity index (χ2n) is 7.63. The van der Waals surface area contributed by atoms with Crippen LogP contribution in [0.1, 0.15) is 42.9 Å². The van der Waals surface area contributed by atoms with E-state index in [4.69, 9.17) is 14.2 Å². The summed E-state index contributed by atoms with van der Waals surface area (Å²) in [6.45, 7) is 0. The van der Waals surface area contributed by atoms with Crippen LogP contribution >= 0.6 is 0 Å². The van der Waals surface area contributed by atoms with Crippen molar-refractivity contribution in [2.45, 2.75) is 37.8 Å². The summed E-state index contributed by atoms with van der Waals surface area (Å²) in [6.07, 6.45) is 4.81. The van der Waals surface area contributed by atoms with E-state index in [1.165, 1.54) is 20.0 Å².